The van der Waals surface area contributed by atoms with Crippen molar-refractivity contribution in [2.24, 2.45) is 0 Å². The van der Waals surface area contributed by atoms with Crippen molar-refractivity contribution in [3.8, 4) is 16.9 Å². The van der Waals surface area contributed by atoms with Crippen LogP contribution in [0.5, 0.6) is 5.75 Å². The van der Waals surface area contributed by atoms with Crippen molar-refractivity contribution in [2.45, 2.75) is 0 Å². The summed E-state index contributed by atoms with van der Waals surface area (Å²) in [6.45, 7) is -4.32. The second-order valence-corrected chi connectivity index (χ2v) is 7.90. The molecule has 0 bridgehead atoms. The van der Waals surface area contributed by atoms with Crippen LogP contribution in [0.4, 0.5) is 0 Å². The van der Waals surface area contributed by atoms with E-state index in [-0.39, 0.29) is 15.8 Å². The summed E-state index contributed by atoms with van der Waals surface area (Å²) in [7, 11) is 0. The van der Waals surface area contributed by atoms with Crippen molar-refractivity contribution < 1.29 is 14.0 Å². The number of benzene rings is 2. The molecule has 2 aromatic carbocycles. The molecule has 0 radical (unpaired) electrons. The summed E-state index contributed by atoms with van der Waals surface area (Å²) in [5.41, 5.74) is 1.03. The first-order chi connectivity index (χ1) is 9.69. The predicted molar refractivity (Wildman–Crippen MR) is 88.2 cm³/mol. The van der Waals surface area contributed by atoms with Gasteiger partial charge < -0.3 is 9.42 Å². The van der Waals surface area contributed by atoms with Gasteiger partial charge in [-0.1, -0.05) is 58.5 Å². The first kappa shape index (κ1) is 17.2. The molecule has 2 rings (SSSR count). The molecule has 0 aromatic heterocycles. The van der Waals surface area contributed by atoms with Crippen LogP contribution in [0.1, 0.15) is 0 Å². The molecule has 0 saturated carbocycles. The summed E-state index contributed by atoms with van der Waals surface area (Å²) in [6, 6.07) is 7.89. The second kappa shape index (κ2) is 6.55. The minimum Gasteiger partial charge on any atom is -0.410 e. The molecule has 0 aliphatic carbocycles. The molecule has 1 atom stereocenters. The van der Waals surface area contributed by atoms with Crippen molar-refractivity contribution >= 4 is 64.6 Å². The van der Waals surface area contributed by atoms with Gasteiger partial charge in [0.15, 0.2) is 5.75 Å². The van der Waals surface area contributed by atoms with Gasteiger partial charge in [0.25, 0.3) is 0 Å². The Labute approximate surface area is 145 Å². The van der Waals surface area contributed by atoms with Crippen molar-refractivity contribution in [2.75, 3.05) is 0 Å². The zero-order chi connectivity index (χ0) is 15.8. The number of rotatable bonds is 3. The van der Waals surface area contributed by atoms with Gasteiger partial charge in [0.05, 0.1) is 10.0 Å². The highest BCUT2D eigenvalue weighted by Crippen LogP contribution is 2.53. The van der Waals surface area contributed by atoms with E-state index in [1.165, 1.54) is 6.07 Å². The van der Waals surface area contributed by atoms with Crippen molar-refractivity contribution in [3.63, 3.8) is 0 Å². The van der Waals surface area contributed by atoms with Gasteiger partial charge in [0.2, 0.25) is 0 Å². The van der Waals surface area contributed by atoms with E-state index in [9.17, 15) is 4.57 Å². The lowest BCUT2D eigenvalue weighted by atomic mass is 10.1. The zero-order valence-electron chi connectivity index (χ0n) is 9.99. The van der Waals surface area contributed by atoms with Gasteiger partial charge in [-0.05, 0) is 18.2 Å². The highest BCUT2D eigenvalue weighted by atomic mass is 35.7. The quantitative estimate of drug-likeness (QED) is 0.578. The minimum absolute atomic E-state index is 0.0154. The van der Waals surface area contributed by atoms with Gasteiger partial charge in [-0.3, -0.25) is 0 Å². The number of hydrogen-bond acceptors (Lipinski definition) is 2. The van der Waals surface area contributed by atoms with Gasteiger partial charge in [-0.25, -0.2) is 4.57 Å². The van der Waals surface area contributed by atoms with E-state index < -0.39 is 6.95 Å². The molecule has 0 fully saturated rings. The topological polar surface area (TPSA) is 46.5 Å². The Hall–Kier alpha value is -0.120. The molecule has 3 nitrogen and oxygen atoms in total. The Morgan fingerprint density at radius 1 is 0.952 bits per heavy atom. The summed E-state index contributed by atoms with van der Waals surface area (Å²) in [6.07, 6.45) is 0. The molecule has 0 aliphatic heterocycles. The van der Waals surface area contributed by atoms with Crippen LogP contribution in [0.15, 0.2) is 30.3 Å². The standard InChI is InChI=1S/C12H6Cl5O3P/c13-6-1-2-7(10(15)5-6)8-3-4-9(14)12(11(8)16)20-21(17,18)19/h1-5H,(H,18,19). The summed E-state index contributed by atoms with van der Waals surface area (Å²) < 4.78 is 15.9. The van der Waals surface area contributed by atoms with Crippen LogP contribution in [-0.2, 0) is 4.57 Å². The summed E-state index contributed by atoms with van der Waals surface area (Å²) in [4.78, 5) is 9.11. The molecule has 21 heavy (non-hydrogen) atoms. The molecule has 1 unspecified atom stereocenters. The second-order valence-electron chi connectivity index (χ2n) is 3.90. The van der Waals surface area contributed by atoms with E-state index >= 15 is 0 Å². The summed E-state index contributed by atoms with van der Waals surface area (Å²) >= 11 is 29.2. The highest BCUT2D eigenvalue weighted by Gasteiger charge is 2.23. The maximum atomic E-state index is 11.2. The molecular formula is C12H6Cl5O3P. The number of halogens is 5. The van der Waals surface area contributed by atoms with Crippen LogP contribution in [-0.4, -0.2) is 4.89 Å². The molecule has 112 valence electrons. The average molecular weight is 406 g/mol. The van der Waals surface area contributed by atoms with Gasteiger partial charge in [0.1, 0.15) is 0 Å². The Bertz CT molecular complexity index is 744. The Balaban J connectivity index is 2.61. The van der Waals surface area contributed by atoms with Crippen LogP contribution in [0.2, 0.25) is 20.1 Å². The molecule has 1 N–H and O–H groups in total. The third kappa shape index (κ3) is 4.20. The van der Waals surface area contributed by atoms with Gasteiger partial charge >= 0.3 is 6.95 Å². The van der Waals surface area contributed by atoms with Crippen LogP contribution >= 0.6 is 64.6 Å². The predicted octanol–water partition coefficient (Wildman–Crippen LogP) is 6.69. The van der Waals surface area contributed by atoms with E-state index in [1.807, 2.05) is 0 Å². The third-order valence-electron chi connectivity index (χ3n) is 2.47. The van der Waals surface area contributed by atoms with Gasteiger partial charge in [-0.15, -0.1) is 0 Å². The fraction of sp³-hybridized carbons (Fsp3) is 0. The van der Waals surface area contributed by atoms with Crippen molar-refractivity contribution in [1.82, 2.24) is 0 Å². The van der Waals surface area contributed by atoms with Gasteiger partial charge in [0, 0.05) is 32.4 Å². The fourth-order valence-electron chi connectivity index (χ4n) is 1.64. The van der Waals surface area contributed by atoms with Crippen LogP contribution in [0, 0.1) is 0 Å². The molecule has 2 aromatic rings. The lowest BCUT2D eigenvalue weighted by Gasteiger charge is -2.14. The average Bonchev–Trinajstić information content (AvgIpc) is 2.35. The van der Waals surface area contributed by atoms with Crippen LogP contribution in [0.3, 0.4) is 0 Å². The Morgan fingerprint density at radius 3 is 2.14 bits per heavy atom. The smallest absolute Gasteiger partial charge is 0.410 e. The maximum absolute atomic E-state index is 11.2. The monoisotopic (exact) mass is 404 g/mol. The van der Waals surface area contributed by atoms with Gasteiger partial charge in [-0.2, -0.15) is 0 Å². The SMILES string of the molecule is O=P(O)(Cl)Oc1c(Cl)ccc(-c2ccc(Cl)cc2Cl)c1Cl. The normalized spacial score (nSPS) is 13.8. The minimum atomic E-state index is -4.32. The Morgan fingerprint density at radius 2 is 1.57 bits per heavy atom. The molecular weight excluding hydrogens is 400 g/mol. The molecule has 0 saturated heterocycles. The maximum Gasteiger partial charge on any atom is 0.474 e. The van der Waals surface area contributed by atoms with E-state index in [4.69, 9.17) is 67.1 Å². The largest absolute Gasteiger partial charge is 0.474 e. The zero-order valence-corrected chi connectivity index (χ0v) is 14.7. The third-order valence-corrected chi connectivity index (χ3v) is 4.31. The summed E-state index contributed by atoms with van der Waals surface area (Å²) in [5, 5.41) is 0.882. The number of hydrogen-bond donors (Lipinski definition) is 1. The first-order valence-electron chi connectivity index (χ1n) is 5.34. The first-order valence-corrected chi connectivity index (χ1v) is 9.34. The molecule has 0 aliphatic rings. The van der Waals surface area contributed by atoms with E-state index in [0.717, 1.165) is 0 Å². The molecule has 9 heteroatoms. The highest BCUT2D eigenvalue weighted by molar-refractivity contribution is 7.80. The van der Waals surface area contributed by atoms with E-state index in [1.54, 1.807) is 24.3 Å². The lowest BCUT2D eigenvalue weighted by molar-refractivity contribution is 0.401. The fourth-order valence-corrected chi connectivity index (χ4v) is 3.43. The molecule has 0 amide bonds. The van der Waals surface area contributed by atoms with E-state index in [0.29, 0.717) is 21.2 Å². The van der Waals surface area contributed by atoms with Crippen LogP contribution in [0.25, 0.3) is 11.1 Å². The lowest BCUT2D eigenvalue weighted by Crippen LogP contribution is -1.91. The molecule has 0 spiro atoms. The summed E-state index contributed by atoms with van der Waals surface area (Å²) in [5.74, 6) is -0.192. The van der Waals surface area contributed by atoms with Crippen LogP contribution < -0.4 is 4.52 Å². The van der Waals surface area contributed by atoms with Crippen molar-refractivity contribution in [3.05, 3.63) is 50.4 Å². The Kier molecular flexibility index (Phi) is 5.38. The van der Waals surface area contributed by atoms with E-state index in [2.05, 4.69) is 0 Å². The molecule has 0 heterocycles. The van der Waals surface area contributed by atoms with Crippen molar-refractivity contribution in [1.29, 1.82) is 0 Å².